The Morgan fingerprint density at radius 3 is 2.45 bits per heavy atom. The summed E-state index contributed by atoms with van der Waals surface area (Å²) in [5, 5.41) is 22.5. The van der Waals surface area contributed by atoms with E-state index in [0.717, 1.165) is 59.5 Å². The van der Waals surface area contributed by atoms with Gasteiger partial charge < -0.3 is 15.7 Å². The van der Waals surface area contributed by atoms with Crippen LogP contribution in [0, 0.1) is 0 Å². The van der Waals surface area contributed by atoms with E-state index in [9.17, 15) is 5.11 Å². The Kier molecular flexibility index (Phi) is 5.06. The zero-order valence-corrected chi connectivity index (χ0v) is 18.9. The summed E-state index contributed by atoms with van der Waals surface area (Å²) in [5.41, 5.74) is 4.22. The molecule has 0 bridgehead atoms. The summed E-state index contributed by atoms with van der Waals surface area (Å²) in [5.74, 6) is 1.71. The second kappa shape index (κ2) is 8.23. The third-order valence-electron chi connectivity index (χ3n) is 6.37. The number of anilines is 2. The van der Waals surface area contributed by atoms with Crippen molar-refractivity contribution in [3.8, 4) is 28.3 Å². The van der Waals surface area contributed by atoms with Gasteiger partial charge in [0.1, 0.15) is 17.3 Å². The number of hydrogen-bond donors (Lipinski definition) is 3. The molecule has 3 heterocycles. The highest BCUT2D eigenvalue weighted by molar-refractivity contribution is 6.31. The molecule has 8 heteroatoms. The normalized spacial score (nSPS) is 16.4. The van der Waals surface area contributed by atoms with Crippen molar-refractivity contribution in [1.82, 2.24) is 19.6 Å². The van der Waals surface area contributed by atoms with Gasteiger partial charge in [-0.15, -0.1) is 0 Å². The number of nitrogens with one attached hydrogen (secondary N) is 2. The molecule has 1 aromatic carbocycles. The summed E-state index contributed by atoms with van der Waals surface area (Å²) in [6.07, 6.45) is 8.84. The summed E-state index contributed by atoms with van der Waals surface area (Å²) in [6.45, 7) is 0. The van der Waals surface area contributed by atoms with Crippen LogP contribution in [0.1, 0.15) is 38.5 Å². The lowest BCUT2D eigenvalue weighted by molar-refractivity contribution is 0.475. The first kappa shape index (κ1) is 20.3. The fourth-order valence-electron chi connectivity index (χ4n) is 4.55. The molecule has 3 N–H and O–H groups in total. The monoisotopic (exact) mass is 460 g/mol. The van der Waals surface area contributed by atoms with Crippen molar-refractivity contribution in [2.45, 2.75) is 50.6 Å². The molecular weight excluding hydrogens is 436 g/mol. The Morgan fingerprint density at radius 1 is 0.939 bits per heavy atom. The number of phenols is 1. The van der Waals surface area contributed by atoms with Gasteiger partial charge in [0, 0.05) is 28.9 Å². The quantitative estimate of drug-likeness (QED) is 0.340. The van der Waals surface area contributed by atoms with E-state index in [-0.39, 0.29) is 5.75 Å². The molecule has 6 rings (SSSR count). The molecule has 2 fully saturated rings. The largest absolute Gasteiger partial charge is 0.508 e. The summed E-state index contributed by atoms with van der Waals surface area (Å²) in [4.78, 5) is 9.23. The minimum absolute atomic E-state index is 0.216. The van der Waals surface area contributed by atoms with E-state index in [4.69, 9.17) is 21.7 Å². The molecule has 0 saturated heterocycles. The SMILES string of the molecule is Oc1ccc(-c2nn3c(NC4CCCC4)cc(Cl)cc3c2-c2ccnc(NC3CC3)n2)cc1. The Morgan fingerprint density at radius 2 is 1.70 bits per heavy atom. The number of pyridine rings is 1. The van der Waals surface area contributed by atoms with E-state index in [2.05, 4.69) is 15.6 Å². The summed E-state index contributed by atoms with van der Waals surface area (Å²) in [7, 11) is 0. The van der Waals surface area contributed by atoms with Crippen molar-refractivity contribution in [3.05, 3.63) is 53.7 Å². The van der Waals surface area contributed by atoms with Crippen molar-refractivity contribution < 1.29 is 5.11 Å². The molecule has 2 aliphatic rings. The minimum atomic E-state index is 0.216. The molecule has 2 saturated carbocycles. The van der Waals surface area contributed by atoms with Crippen molar-refractivity contribution in [2.24, 2.45) is 0 Å². The lowest BCUT2D eigenvalue weighted by Gasteiger charge is -2.15. The van der Waals surface area contributed by atoms with Gasteiger partial charge in [-0.1, -0.05) is 24.4 Å². The van der Waals surface area contributed by atoms with Crippen LogP contribution >= 0.6 is 11.6 Å². The average Bonchev–Trinajstić information content (AvgIpc) is 3.31. The van der Waals surface area contributed by atoms with Gasteiger partial charge in [0.2, 0.25) is 5.95 Å². The van der Waals surface area contributed by atoms with Crippen LogP contribution in [0.25, 0.3) is 28.0 Å². The van der Waals surface area contributed by atoms with E-state index in [1.165, 1.54) is 12.8 Å². The number of halogens is 1. The summed E-state index contributed by atoms with van der Waals surface area (Å²) in [6, 6.07) is 13.7. The van der Waals surface area contributed by atoms with E-state index >= 15 is 0 Å². The number of phenolic OH excluding ortho intramolecular Hbond substituents is 1. The molecule has 168 valence electrons. The van der Waals surface area contributed by atoms with Crippen molar-refractivity contribution >= 4 is 28.9 Å². The number of fused-ring (bicyclic) bond motifs is 1. The fraction of sp³-hybridized carbons (Fsp3) is 0.320. The summed E-state index contributed by atoms with van der Waals surface area (Å²) < 4.78 is 1.93. The molecule has 0 spiro atoms. The van der Waals surface area contributed by atoms with Gasteiger partial charge in [-0.2, -0.15) is 5.10 Å². The van der Waals surface area contributed by atoms with Crippen molar-refractivity contribution in [3.63, 3.8) is 0 Å². The number of nitrogens with zero attached hydrogens (tertiary/aromatic N) is 4. The first-order chi connectivity index (χ1) is 16.1. The first-order valence-corrected chi connectivity index (χ1v) is 11.9. The molecule has 33 heavy (non-hydrogen) atoms. The Labute approximate surface area is 196 Å². The molecule has 0 radical (unpaired) electrons. The molecule has 0 aliphatic heterocycles. The molecule has 3 aromatic heterocycles. The molecule has 4 aromatic rings. The third kappa shape index (κ3) is 4.09. The highest BCUT2D eigenvalue weighted by Crippen LogP contribution is 2.38. The minimum Gasteiger partial charge on any atom is -0.508 e. The van der Waals surface area contributed by atoms with Gasteiger partial charge in [0.25, 0.3) is 0 Å². The maximum absolute atomic E-state index is 9.81. The predicted octanol–water partition coefficient (Wildman–Crippen LogP) is 5.75. The summed E-state index contributed by atoms with van der Waals surface area (Å²) >= 11 is 6.59. The van der Waals surface area contributed by atoms with E-state index < -0.39 is 0 Å². The number of aromatic nitrogens is 4. The molecular formula is C25H25ClN6O. The van der Waals surface area contributed by atoms with Gasteiger partial charge in [0.15, 0.2) is 0 Å². The van der Waals surface area contributed by atoms with Crippen LogP contribution in [0.2, 0.25) is 5.02 Å². The molecule has 0 atom stereocenters. The van der Waals surface area contributed by atoms with E-state index in [0.29, 0.717) is 23.1 Å². The number of rotatable bonds is 6. The Balaban J connectivity index is 1.54. The maximum atomic E-state index is 9.81. The molecule has 0 unspecified atom stereocenters. The lowest BCUT2D eigenvalue weighted by atomic mass is 10.0. The molecule has 0 amide bonds. The molecule has 2 aliphatic carbocycles. The van der Waals surface area contributed by atoms with Crippen molar-refractivity contribution in [2.75, 3.05) is 10.6 Å². The van der Waals surface area contributed by atoms with Crippen LogP contribution in [0.5, 0.6) is 5.75 Å². The highest BCUT2D eigenvalue weighted by atomic mass is 35.5. The number of benzene rings is 1. The highest BCUT2D eigenvalue weighted by Gasteiger charge is 2.24. The van der Waals surface area contributed by atoms with Gasteiger partial charge in [-0.3, -0.25) is 0 Å². The number of hydrogen-bond acceptors (Lipinski definition) is 6. The van der Waals surface area contributed by atoms with Crippen LogP contribution in [0.3, 0.4) is 0 Å². The standard InChI is InChI=1S/C25H25ClN6O/c26-16-13-21-23(20-11-12-27-25(30-20)29-18-7-8-18)24(15-5-9-19(33)10-6-15)31-32(21)22(14-16)28-17-3-1-2-4-17/h5-6,9-14,17-18,28,33H,1-4,7-8H2,(H,27,29,30). The third-order valence-corrected chi connectivity index (χ3v) is 6.59. The van der Waals surface area contributed by atoms with Crippen LogP contribution in [-0.2, 0) is 0 Å². The Hall–Kier alpha value is -3.32. The zero-order chi connectivity index (χ0) is 22.4. The van der Waals surface area contributed by atoms with Crippen molar-refractivity contribution in [1.29, 1.82) is 0 Å². The lowest BCUT2D eigenvalue weighted by Crippen LogP contribution is -2.17. The second-order valence-electron chi connectivity index (χ2n) is 8.94. The van der Waals surface area contributed by atoms with Crippen LogP contribution in [0.15, 0.2) is 48.7 Å². The van der Waals surface area contributed by atoms with Gasteiger partial charge in [-0.05, 0) is 68.1 Å². The van der Waals surface area contributed by atoms with Gasteiger partial charge in [0.05, 0.1) is 16.8 Å². The van der Waals surface area contributed by atoms with Gasteiger partial charge in [-0.25, -0.2) is 14.5 Å². The van der Waals surface area contributed by atoms with Crippen LogP contribution in [0.4, 0.5) is 11.8 Å². The predicted molar refractivity (Wildman–Crippen MR) is 131 cm³/mol. The molecule has 7 nitrogen and oxygen atoms in total. The maximum Gasteiger partial charge on any atom is 0.223 e. The van der Waals surface area contributed by atoms with E-state index in [1.807, 2.05) is 34.8 Å². The average molecular weight is 461 g/mol. The van der Waals surface area contributed by atoms with Crippen LogP contribution < -0.4 is 10.6 Å². The Bertz CT molecular complexity index is 1310. The zero-order valence-electron chi connectivity index (χ0n) is 18.1. The fourth-order valence-corrected chi connectivity index (χ4v) is 4.75. The first-order valence-electron chi connectivity index (χ1n) is 11.5. The van der Waals surface area contributed by atoms with Gasteiger partial charge >= 0.3 is 0 Å². The second-order valence-corrected chi connectivity index (χ2v) is 9.37. The smallest absolute Gasteiger partial charge is 0.223 e. The van der Waals surface area contributed by atoms with Crippen LogP contribution in [-0.4, -0.2) is 36.8 Å². The van der Waals surface area contributed by atoms with E-state index in [1.54, 1.807) is 18.3 Å². The topological polar surface area (TPSA) is 87.4 Å². The number of aromatic hydroxyl groups is 1.